The summed E-state index contributed by atoms with van der Waals surface area (Å²) in [6.07, 6.45) is 0. The zero-order valence-corrected chi connectivity index (χ0v) is 10.4. The molecule has 3 heteroatoms. The fourth-order valence-electron chi connectivity index (χ4n) is 1.85. The Morgan fingerprint density at radius 2 is 1.75 bits per heavy atom. The third kappa shape index (κ3) is 1.43. The molecule has 0 aliphatic heterocycles. The molecule has 16 heavy (non-hydrogen) atoms. The van der Waals surface area contributed by atoms with Crippen LogP contribution in [-0.2, 0) is 0 Å². The van der Waals surface area contributed by atoms with Crippen molar-refractivity contribution in [3.63, 3.8) is 0 Å². The first-order valence-corrected chi connectivity index (χ1v) is 5.95. The third-order valence-electron chi connectivity index (χ3n) is 2.58. The monoisotopic (exact) mass is 322 g/mol. The molecule has 0 bridgehead atoms. The number of hydrogen-bond donors (Lipinski definition) is 0. The van der Waals surface area contributed by atoms with Gasteiger partial charge >= 0.3 is 5.63 Å². The third-order valence-corrected chi connectivity index (χ3v) is 3.25. The SMILES string of the molecule is O=c1oc2ccccc2c2cc(I)ccc12. The molecule has 0 spiro atoms. The van der Waals surface area contributed by atoms with E-state index in [-0.39, 0.29) is 5.63 Å². The van der Waals surface area contributed by atoms with Crippen LogP contribution >= 0.6 is 22.6 Å². The van der Waals surface area contributed by atoms with Crippen molar-refractivity contribution in [2.45, 2.75) is 0 Å². The van der Waals surface area contributed by atoms with Gasteiger partial charge < -0.3 is 4.42 Å². The zero-order valence-electron chi connectivity index (χ0n) is 8.24. The Hall–Kier alpha value is -1.36. The molecule has 3 aromatic rings. The summed E-state index contributed by atoms with van der Waals surface area (Å²) in [5, 5.41) is 2.58. The van der Waals surface area contributed by atoms with Crippen molar-refractivity contribution in [2.75, 3.05) is 0 Å². The average molecular weight is 322 g/mol. The highest BCUT2D eigenvalue weighted by molar-refractivity contribution is 14.1. The van der Waals surface area contributed by atoms with Crippen molar-refractivity contribution in [3.05, 3.63) is 56.5 Å². The van der Waals surface area contributed by atoms with E-state index in [4.69, 9.17) is 4.42 Å². The maximum absolute atomic E-state index is 11.7. The summed E-state index contributed by atoms with van der Waals surface area (Å²) < 4.78 is 6.37. The fourth-order valence-corrected chi connectivity index (χ4v) is 2.34. The molecular formula is C13H7IO2. The topological polar surface area (TPSA) is 30.2 Å². The van der Waals surface area contributed by atoms with E-state index < -0.39 is 0 Å². The molecule has 0 atom stereocenters. The number of halogens is 1. The predicted octanol–water partition coefficient (Wildman–Crippen LogP) is 3.55. The quantitative estimate of drug-likeness (QED) is 0.360. The van der Waals surface area contributed by atoms with Crippen LogP contribution < -0.4 is 5.63 Å². The molecule has 0 aliphatic carbocycles. The van der Waals surface area contributed by atoms with Gasteiger partial charge in [0.25, 0.3) is 0 Å². The van der Waals surface area contributed by atoms with Gasteiger partial charge in [0.15, 0.2) is 0 Å². The molecule has 3 rings (SSSR count). The number of hydrogen-bond acceptors (Lipinski definition) is 2. The predicted molar refractivity (Wildman–Crippen MR) is 72.7 cm³/mol. The largest absolute Gasteiger partial charge is 0.422 e. The molecule has 0 unspecified atom stereocenters. The fraction of sp³-hybridized carbons (Fsp3) is 0. The van der Waals surface area contributed by atoms with E-state index in [0.717, 1.165) is 14.3 Å². The van der Waals surface area contributed by atoms with E-state index in [2.05, 4.69) is 22.6 Å². The van der Waals surface area contributed by atoms with Gasteiger partial charge in [0, 0.05) is 14.3 Å². The minimum absolute atomic E-state index is 0.273. The first-order chi connectivity index (χ1) is 7.75. The maximum atomic E-state index is 11.7. The molecule has 0 amide bonds. The Kier molecular flexibility index (Phi) is 2.21. The van der Waals surface area contributed by atoms with Crippen LogP contribution in [0.4, 0.5) is 0 Å². The summed E-state index contributed by atoms with van der Waals surface area (Å²) in [6, 6.07) is 13.3. The molecular weight excluding hydrogens is 315 g/mol. The smallest absolute Gasteiger partial charge is 0.344 e. The van der Waals surface area contributed by atoms with E-state index >= 15 is 0 Å². The highest BCUT2D eigenvalue weighted by Gasteiger charge is 2.06. The van der Waals surface area contributed by atoms with Gasteiger partial charge in [-0.05, 0) is 46.9 Å². The Balaban J connectivity index is 2.67. The number of benzene rings is 2. The Morgan fingerprint density at radius 1 is 0.938 bits per heavy atom. The molecule has 0 saturated heterocycles. The lowest BCUT2D eigenvalue weighted by Gasteiger charge is -2.02. The molecule has 2 nitrogen and oxygen atoms in total. The number of para-hydroxylation sites is 1. The highest BCUT2D eigenvalue weighted by Crippen LogP contribution is 2.23. The van der Waals surface area contributed by atoms with E-state index in [1.165, 1.54) is 0 Å². The lowest BCUT2D eigenvalue weighted by Crippen LogP contribution is -1.99. The van der Waals surface area contributed by atoms with Crippen LogP contribution in [0, 0.1) is 3.57 Å². The van der Waals surface area contributed by atoms with E-state index in [0.29, 0.717) is 11.0 Å². The van der Waals surface area contributed by atoms with Gasteiger partial charge in [-0.3, -0.25) is 0 Å². The van der Waals surface area contributed by atoms with Gasteiger partial charge in [0.1, 0.15) is 5.58 Å². The van der Waals surface area contributed by atoms with Crippen molar-refractivity contribution in [1.29, 1.82) is 0 Å². The second-order valence-corrected chi connectivity index (χ2v) is 4.82. The van der Waals surface area contributed by atoms with E-state index in [1.54, 1.807) is 0 Å². The van der Waals surface area contributed by atoms with Gasteiger partial charge in [-0.2, -0.15) is 0 Å². The second kappa shape index (κ2) is 3.59. The van der Waals surface area contributed by atoms with Crippen LogP contribution in [0.15, 0.2) is 51.7 Å². The van der Waals surface area contributed by atoms with Crippen LogP contribution in [-0.4, -0.2) is 0 Å². The molecule has 1 aromatic heterocycles. The van der Waals surface area contributed by atoms with Crippen molar-refractivity contribution in [3.8, 4) is 0 Å². The minimum Gasteiger partial charge on any atom is -0.422 e. The summed E-state index contributed by atoms with van der Waals surface area (Å²) in [4.78, 5) is 11.7. The van der Waals surface area contributed by atoms with E-state index in [9.17, 15) is 4.79 Å². The zero-order chi connectivity index (χ0) is 11.1. The molecule has 0 saturated carbocycles. The molecule has 0 fully saturated rings. The van der Waals surface area contributed by atoms with Gasteiger partial charge in [-0.15, -0.1) is 0 Å². The molecule has 0 radical (unpaired) electrons. The van der Waals surface area contributed by atoms with Gasteiger partial charge in [-0.1, -0.05) is 18.2 Å². The molecule has 0 N–H and O–H groups in total. The Labute approximate surface area is 105 Å². The summed E-state index contributed by atoms with van der Waals surface area (Å²) in [5.41, 5.74) is 0.368. The van der Waals surface area contributed by atoms with Crippen LogP contribution in [0.25, 0.3) is 21.7 Å². The van der Waals surface area contributed by atoms with Gasteiger partial charge in [-0.25, -0.2) is 4.79 Å². The first-order valence-electron chi connectivity index (χ1n) is 4.87. The molecule has 1 heterocycles. The first kappa shape index (κ1) is 9.84. The lowest BCUT2D eigenvalue weighted by atomic mass is 10.1. The normalized spacial score (nSPS) is 11.1. The number of rotatable bonds is 0. The van der Waals surface area contributed by atoms with Crippen LogP contribution in [0.3, 0.4) is 0 Å². The van der Waals surface area contributed by atoms with Gasteiger partial charge in [0.05, 0.1) is 5.39 Å². The molecule has 0 aliphatic rings. The molecule has 2 aromatic carbocycles. The minimum atomic E-state index is -0.273. The van der Waals surface area contributed by atoms with Crippen molar-refractivity contribution in [2.24, 2.45) is 0 Å². The van der Waals surface area contributed by atoms with Crippen LogP contribution in [0.2, 0.25) is 0 Å². The van der Waals surface area contributed by atoms with E-state index in [1.807, 2.05) is 42.5 Å². The summed E-state index contributed by atoms with van der Waals surface area (Å²) in [6.45, 7) is 0. The molecule has 78 valence electrons. The standard InChI is InChI=1S/C13H7IO2/c14-8-5-6-10-11(7-8)9-3-1-2-4-12(9)16-13(10)15/h1-7H. The number of fused-ring (bicyclic) bond motifs is 3. The van der Waals surface area contributed by atoms with Crippen molar-refractivity contribution >= 4 is 44.3 Å². The summed E-state index contributed by atoms with van der Waals surface area (Å²) in [7, 11) is 0. The summed E-state index contributed by atoms with van der Waals surface area (Å²) in [5.74, 6) is 0. The second-order valence-electron chi connectivity index (χ2n) is 3.58. The Bertz CT molecular complexity index is 744. The van der Waals surface area contributed by atoms with Crippen molar-refractivity contribution < 1.29 is 4.42 Å². The van der Waals surface area contributed by atoms with Crippen LogP contribution in [0.1, 0.15) is 0 Å². The average Bonchev–Trinajstić information content (AvgIpc) is 2.29. The highest BCUT2D eigenvalue weighted by atomic mass is 127. The Morgan fingerprint density at radius 3 is 2.62 bits per heavy atom. The van der Waals surface area contributed by atoms with Gasteiger partial charge in [0.2, 0.25) is 0 Å². The maximum Gasteiger partial charge on any atom is 0.344 e. The summed E-state index contributed by atoms with van der Waals surface area (Å²) >= 11 is 2.24. The lowest BCUT2D eigenvalue weighted by molar-refractivity contribution is 0.569. The van der Waals surface area contributed by atoms with Crippen LogP contribution in [0.5, 0.6) is 0 Å². The van der Waals surface area contributed by atoms with Crippen molar-refractivity contribution in [1.82, 2.24) is 0 Å².